The fraction of sp³-hybridized carbons (Fsp3) is 0.286. The Bertz CT molecular complexity index is 526. The number of aliphatic carboxylic acids is 1. The Morgan fingerprint density at radius 1 is 1.45 bits per heavy atom. The molecule has 5 nitrogen and oxygen atoms in total. The first-order valence-electron chi connectivity index (χ1n) is 6.02. The number of hydrogen-bond acceptors (Lipinski definition) is 3. The summed E-state index contributed by atoms with van der Waals surface area (Å²) in [7, 11) is 0. The molecule has 0 aliphatic heterocycles. The number of amides is 1. The van der Waals surface area contributed by atoms with Gasteiger partial charge in [0.1, 0.15) is 5.75 Å². The minimum atomic E-state index is -1.09. The highest BCUT2D eigenvalue weighted by Crippen LogP contribution is 2.27. The molecule has 0 radical (unpaired) electrons. The van der Waals surface area contributed by atoms with E-state index in [0.29, 0.717) is 16.3 Å². The summed E-state index contributed by atoms with van der Waals surface area (Å²) < 4.78 is 5.37. The van der Waals surface area contributed by atoms with Gasteiger partial charge >= 0.3 is 5.97 Å². The molecule has 0 fully saturated rings. The van der Waals surface area contributed by atoms with E-state index in [1.165, 1.54) is 6.08 Å². The fourth-order valence-electron chi connectivity index (χ4n) is 1.47. The number of hydrogen-bond donors (Lipinski definition) is 2. The van der Waals surface area contributed by atoms with Crippen LogP contribution in [0.3, 0.4) is 0 Å². The van der Waals surface area contributed by atoms with E-state index in [4.69, 9.17) is 21.4 Å². The molecule has 0 saturated carbocycles. The number of carbonyl (C=O) groups is 2. The number of halogens is 1. The van der Waals surface area contributed by atoms with E-state index in [-0.39, 0.29) is 18.6 Å². The predicted molar refractivity (Wildman–Crippen MR) is 76.9 cm³/mol. The normalized spacial score (nSPS) is 10.8. The van der Waals surface area contributed by atoms with Crippen molar-refractivity contribution in [1.82, 2.24) is 5.32 Å². The molecule has 1 rings (SSSR count). The largest absolute Gasteiger partial charge is 0.483 e. The maximum absolute atomic E-state index is 11.5. The highest BCUT2D eigenvalue weighted by molar-refractivity contribution is 6.32. The number of carboxylic acid groups (broad SMARTS) is 1. The van der Waals surface area contributed by atoms with Crippen LogP contribution in [0.4, 0.5) is 0 Å². The molecule has 0 bridgehead atoms. The monoisotopic (exact) mass is 297 g/mol. The number of nitrogens with one attached hydrogen (secondary N) is 1. The molecule has 1 aromatic rings. The third kappa shape index (κ3) is 5.32. The highest BCUT2D eigenvalue weighted by atomic mass is 35.5. The van der Waals surface area contributed by atoms with E-state index in [1.54, 1.807) is 18.2 Å². The van der Waals surface area contributed by atoms with Gasteiger partial charge in [0, 0.05) is 17.7 Å². The molecule has 6 heteroatoms. The van der Waals surface area contributed by atoms with E-state index < -0.39 is 5.97 Å². The average Bonchev–Trinajstić information content (AvgIpc) is 2.34. The Morgan fingerprint density at radius 2 is 2.15 bits per heavy atom. The van der Waals surface area contributed by atoms with Crippen LogP contribution >= 0.6 is 11.6 Å². The van der Waals surface area contributed by atoms with Crippen molar-refractivity contribution in [1.29, 1.82) is 0 Å². The predicted octanol–water partition coefficient (Wildman–Crippen LogP) is 2.34. The molecule has 0 spiro atoms. The number of carboxylic acids is 1. The topological polar surface area (TPSA) is 75.6 Å². The molecule has 0 aliphatic carbocycles. The van der Waals surface area contributed by atoms with Gasteiger partial charge in [-0.15, -0.1) is 0 Å². The second-order valence-electron chi connectivity index (χ2n) is 4.33. The molecule has 20 heavy (non-hydrogen) atoms. The first kappa shape index (κ1) is 16.0. The van der Waals surface area contributed by atoms with Crippen LogP contribution in [0.2, 0.25) is 5.02 Å². The van der Waals surface area contributed by atoms with Crippen LogP contribution in [-0.4, -0.2) is 29.6 Å². The van der Waals surface area contributed by atoms with Gasteiger partial charge in [0.2, 0.25) is 0 Å². The highest BCUT2D eigenvalue weighted by Gasteiger charge is 2.09. The van der Waals surface area contributed by atoms with Gasteiger partial charge in [-0.2, -0.15) is 0 Å². The van der Waals surface area contributed by atoms with Crippen molar-refractivity contribution in [2.24, 2.45) is 0 Å². The maximum Gasteiger partial charge on any atom is 0.328 e. The van der Waals surface area contributed by atoms with Gasteiger partial charge in [0.05, 0.1) is 5.02 Å². The van der Waals surface area contributed by atoms with Gasteiger partial charge in [-0.3, -0.25) is 4.79 Å². The zero-order valence-corrected chi connectivity index (χ0v) is 12.0. The molecular weight excluding hydrogens is 282 g/mol. The molecule has 0 aromatic heterocycles. The quantitative estimate of drug-likeness (QED) is 0.790. The van der Waals surface area contributed by atoms with E-state index in [2.05, 4.69) is 5.32 Å². The summed E-state index contributed by atoms with van der Waals surface area (Å²) in [5.41, 5.74) is 0.425. The minimum Gasteiger partial charge on any atom is -0.483 e. The SMILES string of the molecule is CC(C)NC(=O)COc1cccc(Cl)c1/C=C/C(=O)O. The number of benzene rings is 1. The maximum atomic E-state index is 11.5. The lowest BCUT2D eigenvalue weighted by atomic mass is 10.2. The first-order chi connectivity index (χ1) is 9.40. The van der Waals surface area contributed by atoms with E-state index in [9.17, 15) is 9.59 Å². The Kier molecular flexibility index (Phi) is 6.06. The molecule has 108 valence electrons. The summed E-state index contributed by atoms with van der Waals surface area (Å²) in [6.07, 6.45) is 2.29. The smallest absolute Gasteiger partial charge is 0.328 e. The third-order valence-electron chi connectivity index (χ3n) is 2.21. The summed E-state index contributed by atoms with van der Waals surface area (Å²) in [5.74, 6) is -0.990. The van der Waals surface area contributed by atoms with Crippen LogP contribution in [0.15, 0.2) is 24.3 Å². The van der Waals surface area contributed by atoms with E-state index in [1.807, 2.05) is 13.8 Å². The van der Waals surface area contributed by atoms with Crippen molar-refractivity contribution in [3.05, 3.63) is 34.9 Å². The second kappa shape index (κ2) is 7.55. The fourth-order valence-corrected chi connectivity index (χ4v) is 1.70. The summed E-state index contributed by atoms with van der Waals surface area (Å²) in [6.45, 7) is 3.53. The first-order valence-corrected chi connectivity index (χ1v) is 6.39. The summed E-state index contributed by atoms with van der Waals surface area (Å²) in [5, 5.41) is 11.7. The second-order valence-corrected chi connectivity index (χ2v) is 4.74. The van der Waals surface area contributed by atoms with Crippen LogP contribution in [0.1, 0.15) is 19.4 Å². The number of rotatable bonds is 6. The van der Waals surface area contributed by atoms with Crippen molar-refractivity contribution in [3.63, 3.8) is 0 Å². The van der Waals surface area contributed by atoms with Crippen LogP contribution in [0.25, 0.3) is 6.08 Å². The lowest BCUT2D eigenvalue weighted by Gasteiger charge is -2.12. The van der Waals surface area contributed by atoms with Crippen LogP contribution in [0, 0.1) is 0 Å². The molecule has 0 atom stereocenters. The van der Waals surface area contributed by atoms with Crippen molar-refractivity contribution in [2.75, 3.05) is 6.61 Å². The Labute approximate surface area is 122 Å². The Hall–Kier alpha value is -2.01. The van der Waals surface area contributed by atoms with Gasteiger partial charge in [-0.05, 0) is 32.1 Å². The van der Waals surface area contributed by atoms with Crippen molar-refractivity contribution < 1.29 is 19.4 Å². The summed E-state index contributed by atoms with van der Waals surface area (Å²) in [4.78, 5) is 22.1. The zero-order valence-electron chi connectivity index (χ0n) is 11.2. The molecule has 0 unspecified atom stereocenters. The lowest BCUT2D eigenvalue weighted by Crippen LogP contribution is -2.34. The molecular formula is C14H16ClNO4. The van der Waals surface area contributed by atoms with Crippen molar-refractivity contribution in [2.45, 2.75) is 19.9 Å². The molecule has 1 amide bonds. The van der Waals surface area contributed by atoms with Crippen LogP contribution in [-0.2, 0) is 9.59 Å². The van der Waals surface area contributed by atoms with Crippen molar-refractivity contribution in [3.8, 4) is 5.75 Å². The standard InChI is InChI=1S/C14H16ClNO4/c1-9(2)16-13(17)8-20-12-5-3-4-11(15)10(12)6-7-14(18)19/h3-7,9H,8H2,1-2H3,(H,16,17)(H,18,19)/b7-6+. The van der Waals surface area contributed by atoms with Crippen LogP contribution < -0.4 is 10.1 Å². The van der Waals surface area contributed by atoms with Gasteiger partial charge in [0.15, 0.2) is 6.61 Å². The molecule has 0 heterocycles. The molecule has 0 aliphatic rings. The Morgan fingerprint density at radius 3 is 2.75 bits per heavy atom. The van der Waals surface area contributed by atoms with E-state index >= 15 is 0 Å². The summed E-state index contributed by atoms with van der Waals surface area (Å²) in [6, 6.07) is 4.92. The van der Waals surface area contributed by atoms with Gasteiger partial charge < -0.3 is 15.2 Å². The third-order valence-corrected chi connectivity index (χ3v) is 2.54. The van der Waals surface area contributed by atoms with Crippen molar-refractivity contribution >= 4 is 29.6 Å². The van der Waals surface area contributed by atoms with Crippen LogP contribution in [0.5, 0.6) is 5.75 Å². The van der Waals surface area contributed by atoms with Gasteiger partial charge in [-0.25, -0.2) is 4.79 Å². The number of ether oxygens (including phenoxy) is 1. The molecule has 2 N–H and O–H groups in total. The Balaban J connectivity index is 2.82. The van der Waals surface area contributed by atoms with Gasteiger partial charge in [-0.1, -0.05) is 17.7 Å². The lowest BCUT2D eigenvalue weighted by molar-refractivity contribution is -0.131. The summed E-state index contributed by atoms with van der Waals surface area (Å²) >= 11 is 5.99. The minimum absolute atomic E-state index is 0.0248. The molecule has 1 aromatic carbocycles. The number of carbonyl (C=O) groups excluding carboxylic acids is 1. The average molecular weight is 298 g/mol. The van der Waals surface area contributed by atoms with E-state index in [0.717, 1.165) is 6.08 Å². The molecule has 0 saturated heterocycles. The zero-order chi connectivity index (χ0) is 15.1. The van der Waals surface area contributed by atoms with Gasteiger partial charge in [0.25, 0.3) is 5.91 Å².